The van der Waals surface area contributed by atoms with Crippen LogP contribution in [0.1, 0.15) is 21.5 Å². The minimum atomic E-state index is -0.135. The van der Waals surface area contributed by atoms with Crippen LogP contribution in [0.15, 0.2) is 42.5 Å². The maximum atomic E-state index is 12.2. The molecule has 1 N–H and O–H groups in total. The van der Waals surface area contributed by atoms with Gasteiger partial charge < -0.3 is 5.32 Å². The third-order valence-corrected chi connectivity index (χ3v) is 3.17. The molecule has 2 rings (SSSR count). The molecule has 0 saturated heterocycles. The van der Waals surface area contributed by atoms with E-state index in [4.69, 9.17) is 11.6 Å². The van der Waals surface area contributed by atoms with E-state index < -0.39 is 0 Å². The second-order valence-corrected chi connectivity index (χ2v) is 4.61. The van der Waals surface area contributed by atoms with Crippen LogP contribution < -0.4 is 5.32 Å². The summed E-state index contributed by atoms with van der Waals surface area (Å²) in [7, 11) is 0. The lowest BCUT2D eigenvalue weighted by atomic mass is 10.1. The number of carbonyl (C=O) groups excluding carboxylic acids is 1. The van der Waals surface area contributed by atoms with E-state index in [1.807, 2.05) is 44.2 Å². The van der Waals surface area contributed by atoms with Gasteiger partial charge in [0.15, 0.2) is 0 Å². The SMILES string of the molecule is Cc1ccccc1C(=O)Nc1c(C)cccc1Cl. The average Bonchev–Trinajstić information content (AvgIpc) is 2.34. The van der Waals surface area contributed by atoms with Gasteiger partial charge in [-0.2, -0.15) is 0 Å². The van der Waals surface area contributed by atoms with Gasteiger partial charge in [0.2, 0.25) is 0 Å². The molecule has 1 amide bonds. The van der Waals surface area contributed by atoms with E-state index in [0.717, 1.165) is 11.1 Å². The summed E-state index contributed by atoms with van der Waals surface area (Å²) in [6.45, 7) is 3.83. The van der Waals surface area contributed by atoms with Crippen molar-refractivity contribution in [2.75, 3.05) is 5.32 Å². The lowest BCUT2D eigenvalue weighted by Crippen LogP contribution is -2.14. The number of aryl methyl sites for hydroxylation is 2. The van der Waals surface area contributed by atoms with E-state index in [2.05, 4.69) is 5.32 Å². The van der Waals surface area contributed by atoms with Gasteiger partial charge >= 0.3 is 0 Å². The van der Waals surface area contributed by atoms with Gasteiger partial charge in [0.05, 0.1) is 10.7 Å². The van der Waals surface area contributed by atoms with E-state index in [0.29, 0.717) is 16.3 Å². The van der Waals surface area contributed by atoms with Crippen LogP contribution in [0, 0.1) is 13.8 Å². The largest absolute Gasteiger partial charge is 0.320 e. The highest BCUT2D eigenvalue weighted by molar-refractivity contribution is 6.34. The summed E-state index contributed by atoms with van der Waals surface area (Å²) in [4.78, 5) is 12.2. The van der Waals surface area contributed by atoms with E-state index in [9.17, 15) is 4.79 Å². The topological polar surface area (TPSA) is 29.1 Å². The minimum Gasteiger partial charge on any atom is -0.320 e. The van der Waals surface area contributed by atoms with E-state index in [1.54, 1.807) is 12.1 Å². The molecule has 92 valence electrons. The Labute approximate surface area is 112 Å². The van der Waals surface area contributed by atoms with E-state index in [-0.39, 0.29) is 5.91 Å². The summed E-state index contributed by atoms with van der Waals surface area (Å²) >= 11 is 6.09. The fraction of sp³-hybridized carbons (Fsp3) is 0.133. The number of nitrogens with one attached hydrogen (secondary N) is 1. The summed E-state index contributed by atoms with van der Waals surface area (Å²) in [6, 6.07) is 13.0. The quantitative estimate of drug-likeness (QED) is 0.860. The molecule has 0 aliphatic carbocycles. The molecule has 2 aromatic carbocycles. The summed E-state index contributed by atoms with van der Waals surface area (Å²) in [5.74, 6) is -0.135. The fourth-order valence-electron chi connectivity index (χ4n) is 1.80. The molecule has 0 aliphatic rings. The van der Waals surface area contributed by atoms with Gasteiger partial charge in [0, 0.05) is 5.56 Å². The molecular weight excluding hydrogens is 246 g/mol. The van der Waals surface area contributed by atoms with Gasteiger partial charge in [-0.3, -0.25) is 4.79 Å². The Morgan fingerprint density at radius 1 is 1.00 bits per heavy atom. The number of anilines is 1. The first-order valence-corrected chi connectivity index (χ1v) is 6.09. The second kappa shape index (κ2) is 5.23. The zero-order valence-corrected chi connectivity index (χ0v) is 11.1. The van der Waals surface area contributed by atoms with E-state index >= 15 is 0 Å². The molecular formula is C15H14ClNO. The van der Waals surface area contributed by atoms with Gasteiger partial charge in [-0.05, 0) is 37.1 Å². The van der Waals surface area contributed by atoms with Gasteiger partial charge in [-0.1, -0.05) is 41.9 Å². The average molecular weight is 260 g/mol. The fourth-order valence-corrected chi connectivity index (χ4v) is 2.07. The predicted octanol–water partition coefficient (Wildman–Crippen LogP) is 4.21. The normalized spacial score (nSPS) is 10.2. The van der Waals surface area contributed by atoms with Gasteiger partial charge in [-0.25, -0.2) is 0 Å². The van der Waals surface area contributed by atoms with Crippen LogP contribution in [-0.4, -0.2) is 5.91 Å². The van der Waals surface area contributed by atoms with Crippen LogP contribution in [0.4, 0.5) is 5.69 Å². The molecule has 0 saturated carbocycles. The molecule has 2 aromatic rings. The summed E-state index contributed by atoms with van der Waals surface area (Å²) in [6.07, 6.45) is 0. The van der Waals surface area contributed by atoms with Crippen molar-refractivity contribution in [3.8, 4) is 0 Å². The third-order valence-electron chi connectivity index (χ3n) is 2.85. The van der Waals surface area contributed by atoms with Crippen molar-refractivity contribution in [1.82, 2.24) is 0 Å². The van der Waals surface area contributed by atoms with E-state index in [1.165, 1.54) is 0 Å². The van der Waals surface area contributed by atoms with Crippen molar-refractivity contribution >= 4 is 23.2 Å². The second-order valence-electron chi connectivity index (χ2n) is 4.20. The Bertz CT molecular complexity index is 573. The molecule has 0 bridgehead atoms. The first-order valence-electron chi connectivity index (χ1n) is 5.71. The van der Waals surface area contributed by atoms with Gasteiger partial charge in [-0.15, -0.1) is 0 Å². The van der Waals surface area contributed by atoms with Crippen LogP contribution in [-0.2, 0) is 0 Å². The molecule has 0 heterocycles. The summed E-state index contributed by atoms with van der Waals surface area (Å²) < 4.78 is 0. The van der Waals surface area contributed by atoms with Crippen LogP contribution in [0.2, 0.25) is 5.02 Å². The van der Waals surface area contributed by atoms with Crippen LogP contribution in [0.3, 0.4) is 0 Å². The number of hydrogen-bond donors (Lipinski definition) is 1. The van der Waals surface area contributed by atoms with Crippen LogP contribution >= 0.6 is 11.6 Å². The molecule has 0 spiro atoms. The van der Waals surface area contributed by atoms with Crippen molar-refractivity contribution in [1.29, 1.82) is 0 Å². The molecule has 0 atom stereocenters. The van der Waals surface area contributed by atoms with Gasteiger partial charge in [0.25, 0.3) is 5.91 Å². The zero-order chi connectivity index (χ0) is 13.1. The highest BCUT2D eigenvalue weighted by Gasteiger charge is 2.11. The Balaban J connectivity index is 2.30. The van der Waals surface area contributed by atoms with Crippen LogP contribution in [0.5, 0.6) is 0 Å². The maximum absolute atomic E-state index is 12.2. The molecule has 0 aliphatic heterocycles. The highest BCUT2D eigenvalue weighted by Crippen LogP contribution is 2.26. The van der Waals surface area contributed by atoms with Crippen molar-refractivity contribution in [2.24, 2.45) is 0 Å². The third kappa shape index (κ3) is 2.54. The number of halogens is 1. The minimum absolute atomic E-state index is 0.135. The molecule has 0 fully saturated rings. The number of rotatable bonds is 2. The maximum Gasteiger partial charge on any atom is 0.255 e. The van der Waals surface area contributed by atoms with Crippen molar-refractivity contribution in [2.45, 2.75) is 13.8 Å². The zero-order valence-electron chi connectivity index (χ0n) is 10.3. The summed E-state index contributed by atoms with van der Waals surface area (Å²) in [5.41, 5.74) is 3.23. The molecule has 2 nitrogen and oxygen atoms in total. The number of amides is 1. The number of hydrogen-bond acceptors (Lipinski definition) is 1. The van der Waals surface area contributed by atoms with Crippen molar-refractivity contribution < 1.29 is 4.79 Å². The highest BCUT2D eigenvalue weighted by atomic mass is 35.5. The predicted molar refractivity (Wildman–Crippen MR) is 75.3 cm³/mol. The smallest absolute Gasteiger partial charge is 0.255 e. The van der Waals surface area contributed by atoms with Crippen LogP contribution in [0.25, 0.3) is 0 Å². The van der Waals surface area contributed by atoms with Gasteiger partial charge in [0.1, 0.15) is 0 Å². The molecule has 3 heteroatoms. The Hall–Kier alpha value is -1.80. The Morgan fingerprint density at radius 2 is 1.67 bits per heavy atom. The first-order chi connectivity index (χ1) is 8.59. The number of benzene rings is 2. The summed E-state index contributed by atoms with van der Waals surface area (Å²) in [5, 5.41) is 3.42. The Kier molecular flexibility index (Phi) is 3.68. The monoisotopic (exact) mass is 259 g/mol. The standard InChI is InChI=1S/C15H14ClNO/c1-10-6-3-4-8-12(10)15(18)17-14-11(2)7-5-9-13(14)16/h3-9H,1-2H3,(H,17,18). The first kappa shape index (κ1) is 12.7. The lowest BCUT2D eigenvalue weighted by molar-refractivity contribution is 0.102. The Morgan fingerprint density at radius 3 is 2.33 bits per heavy atom. The van der Waals surface area contributed by atoms with Crippen molar-refractivity contribution in [3.63, 3.8) is 0 Å². The lowest BCUT2D eigenvalue weighted by Gasteiger charge is -2.11. The van der Waals surface area contributed by atoms with Crippen molar-refractivity contribution in [3.05, 3.63) is 64.2 Å². The molecule has 0 unspecified atom stereocenters. The molecule has 0 aromatic heterocycles. The molecule has 0 radical (unpaired) electrons. The molecule has 18 heavy (non-hydrogen) atoms. The number of para-hydroxylation sites is 1. The number of carbonyl (C=O) groups is 1.